The van der Waals surface area contributed by atoms with Gasteiger partial charge in [0.15, 0.2) is 0 Å². The first kappa shape index (κ1) is 15.5. The van der Waals surface area contributed by atoms with Crippen molar-refractivity contribution in [1.29, 1.82) is 0 Å². The zero-order valence-electron chi connectivity index (χ0n) is 13.4. The Balaban J connectivity index is 1.65. The molecular formula is C18H14ClN5O. The second-order valence-corrected chi connectivity index (χ2v) is 5.80. The first-order valence-corrected chi connectivity index (χ1v) is 7.99. The van der Waals surface area contributed by atoms with Gasteiger partial charge in [0.1, 0.15) is 17.3 Å². The average molecular weight is 352 g/mol. The normalized spacial score (nSPS) is 10.8. The van der Waals surface area contributed by atoms with Crippen molar-refractivity contribution in [1.82, 2.24) is 19.9 Å². The van der Waals surface area contributed by atoms with Crippen molar-refractivity contribution in [2.45, 2.75) is 0 Å². The van der Waals surface area contributed by atoms with Crippen LogP contribution >= 0.6 is 11.6 Å². The molecule has 0 bridgehead atoms. The van der Waals surface area contributed by atoms with Crippen molar-refractivity contribution < 1.29 is 4.74 Å². The van der Waals surface area contributed by atoms with Crippen molar-refractivity contribution in [2.75, 3.05) is 19.0 Å². The molecule has 4 rings (SSSR count). The number of ether oxygens (including phenoxy) is 1. The summed E-state index contributed by atoms with van der Waals surface area (Å²) in [5.41, 5.74) is 5.12. The van der Waals surface area contributed by atoms with Crippen molar-refractivity contribution >= 4 is 45.3 Å². The van der Waals surface area contributed by atoms with Crippen molar-refractivity contribution in [3.63, 3.8) is 0 Å². The Labute approximate surface area is 148 Å². The van der Waals surface area contributed by atoms with Gasteiger partial charge in [-0.15, -0.1) is 0 Å². The molecule has 3 N–H and O–H groups in total. The lowest BCUT2D eigenvalue weighted by atomic mass is 10.2. The molecule has 25 heavy (non-hydrogen) atoms. The van der Waals surface area contributed by atoms with Gasteiger partial charge < -0.3 is 20.0 Å². The van der Waals surface area contributed by atoms with E-state index in [1.165, 1.54) is 0 Å². The molecule has 0 aliphatic carbocycles. The van der Waals surface area contributed by atoms with Crippen molar-refractivity contribution in [2.24, 2.45) is 0 Å². The Morgan fingerprint density at radius 1 is 1.20 bits per heavy atom. The van der Waals surface area contributed by atoms with Crippen molar-refractivity contribution in [3.05, 3.63) is 47.2 Å². The molecule has 0 fully saturated rings. The number of nitrogens with zero attached hydrogens (tertiary/aromatic N) is 2. The van der Waals surface area contributed by atoms with E-state index in [9.17, 15) is 0 Å². The molecule has 124 valence electrons. The number of rotatable bonds is 3. The lowest BCUT2D eigenvalue weighted by molar-refractivity contribution is 0.240. The number of hydrogen-bond acceptors (Lipinski definition) is 4. The maximum atomic E-state index is 5.99. The third-order valence-electron chi connectivity index (χ3n) is 3.67. The van der Waals surface area contributed by atoms with Gasteiger partial charge in [-0.25, -0.2) is 9.97 Å². The molecule has 6 nitrogen and oxygen atoms in total. The molecule has 0 aliphatic heterocycles. The number of anilines is 2. The molecule has 0 spiro atoms. The molecule has 4 aromatic rings. The van der Waals surface area contributed by atoms with Crippen LogP contribution in [0, 0.1) is 11.8 Å². The van der Waals surface area contributed by atoms with E-state index >= 15 is 0 Å². The van der Waals surface area contributed by atoms with Crippen LogP contribution in [0.3, 0.4) is 0 Å². The Morgan fingerprint density at radius 3 is 3.00 bits per heavy atom. The Hall–Kier alpha value is -3.01. The third kappa shape index (κ3) is 3.15. The molecule has 3 heterocycles. The molecule has 1 aromatic carbocycles. The topological polar surface area (TPSA) is 78.6 Å². The summed E-state index contributed by atoms with van der Waals surface area (Å²) in [6, 6.07) is 9.46. The van der Waals surface area contributed by atoms with Crippen LogP contribution in [0.1, 0.15) is 5.56 Å². The summed E-state index contributed by atoms with van der Waals surface area (Å²) in [6.45, 7) is 0.407. The predicted octanol–water partition coefficient (Wildman–Crippen LogP) is 3.83. The second kappa shape index (κ2) is 6.48. The minimum absolute atomic E-state index is 0.407. The van der Waals surface area contributed by atoms with E-state index in [2.05, 4.69) is 37.1 Å². The van der Waals surface area contributed by atoms with Crippen LogP contribution in [-0.4, -0.2) is 33.7 Å². The number of hydrogen-bond donors (Lipinski definition) is 3. The van der Waals surface area contributed by atoms with Gasteiger partial charge in [0.05, 0.1) is 22.2 Å². The number of aromatic nitrogens is 4. The zero-order chi connectivity index (χ0) is 17.2. The molecular weight excluding hydrogens is 338 g/mol. The highest BCUT2D eigenvalue weighted by molar-refractivity contribution is 6.29. The highest BCUT2D eigenvalue weighted by Gasteiger charge is 2.09. The number of H-pyrrole nitrogens is 2. The van der Waals surface area contributed by atoms with E-state index in [1.807, 2.05) is 30.5 Å². The number of aromatic amines is 2. The van der Waals surface area contributed by atoms with Crippen LogP contribution < -0.4 is 5.32 Å². The number of benzene rings is 1. The van der Waals surface area contributed by atoms with Crippen LogP contribution in [0.15, 0.2) is 36.5 Å². The minimum Gasteiger partial charge on any atom is -0.372 e. The van der Waals surface area contributed by atoms with Crippen LogP contribution in [0.4, 0.5) is 11.6 Å². The van der Waals surface area contributed by atoms with E-state index in [0.717, 1.165) is 33.3 Å². The quantitative estimate of drug-likeness (QED) is 0.387. The first-order chi connectivity index (χ1) is 12.2. The summed E-state index contributed by atoms with van der Waals surface area (Å²) in [6.07, 6.45) is 1.84. The van der Waals surface area contributed by atoms with Crippen LogP contribution in [0.25, 0.3) is 22.1 Å². The summed E-state index contributed by atoms with van der Waals surface area (Å²) in [4.78, 5) is 15.3. The number of pyridine rings is 1. The summed E-state index contributed by atoms with van der Waals surface area (Å²) in [7, 11) is 1.62. The number of imidazole rings is 1. The molecule has 0 atom stereocenters. The summed E-state index contributed by atoms with van der Waals surface area (Å²) < 4.78 is 4.94. The van der Waals surface area contributed by atoms with Gasteiger partial charge in [-0.05, 0) is 30.3 Å². The van der Waals surface area contributed by atoms with Crippen LogP contribution in [0.2, 0.25) is 5.15 Å². The number of fused-ring (bicyclic) bond motifs is 2. The van der Waals surface area contributed by atoms with Gasteiger partial charge in [0.25, 0.3) is 0 Å². The summed E-state index contributed by atoms with van der Waals surface area (Å²) in [5, 5.41) is 3.68. The smallest absolute Gasteiger partial charge is 0.205 e. The van der Waals surface area contributed by atoms with Crippen molar-refractivity contribution in [3.8, 4) is 11.8 Å². The molecule has 0 aliphatic rings. The molecule has 0 amide bonds. The van der Waals surface area contributed by atoms with E-state index in [4.69, 9.17) is 16.3 Å². The molecule has 0 saturated carbocycles. The van der Waals surface area contributed by atoms with Gasteiger partial charge >= 0.3 is 0 Å². The Kier molecular flexibility index (Phi) is 4.02. The number of nitrogens with one attached hydrogen (secondary N) is 3. The predicted molar refractivity (Wildman–Crippen MR) is 99.2 cm³/mol. The zero-order valence-corrected chi connectivity index (χ0v) is 14.1. The fraction of sp³-hybridized carbons (Fsp3) is 0.111. The Bertz CT molecular complexity index is 1120. The molecule has 7 heteroatoms. The lowest BCUT2D eigenvalue weighted by Gasteiger charge is -1.99. The van der Waals surface area contributed by atoms with E-state index in [0.29, 0.717) is 17.7 Å². The highest BCUT2D eigenvalue weighted by Crippen LogP contribution is 2.26. The van der Waals surface area contributed by atoms with Crippen LogP contribution in [-0.2, 0) is 4.74 Å². The van der Waals surface area contributed by atoms with Gasteiger partial charge in [0.2, 0.25) is 5.95 Å². The van der Waals surface area contributed by atoms with E-state index < -0.39 is 0 Å². The third-order valence-corrected chi connectivity index (χ3v) is 3.88. The maximum absolute atomic E-state index is 5.99. The van der Waals surface area contributed by atoms with Crippen LogP contribution in [0.5, 0.6) is 0 Å². The minimum atomic E-state index is 0.407. The average Bonchev–Trinajstić information content (AvgIpc) is 3.18. The van der Waals surface area contributed by atoms with E-state index in [1.54, 1.807) is 13.2 Å². The standard InChI is InChI=1S/C18H14ClN5O/c1-25-8-2-3-11-4-5-12-14(9-11)22-18(21-12)23-15-10-20-13-6-7-16(19)24-17(13)15/h4-7,9-10,20H,8H2,1H3,(H2,21,22,23). The first-order valence-electron chi connectivity index (χ1n) is 7.61. The van der Waals surface area contributed by atoms with Gasteiger partial charge in [0, 0.05) is 18.9 Å². The fourth-order valence-corrected chi connectivity index (χ4v) is 2.70. The fourth-order valence-electron chi connectivity index (χ4n) is 2.56. The second-order valence-electron chi connectivity index (χ2n) is 5.41. The molecule has 0 saturated heterocycles. The number of methoxy groups -OCH3 is 1. The van der Waals surface area contributed by atoms with Gasteiger partial charge in [-0.3, -0.25) is 0 Å². The summed E-state index contributed by atoms with van der Waals surface area (Å²) >= 11 is 5.99. The van der Waals surface area contributed by atoms with E-state index in [-0.39, 0.29) is 0 Å². The molecule has 3 aromatic heterocycles. The molecule has 0 unspecified atom stereocenters. The Morgan fingerprint density at radius 2 is 2.12 bits per heavy atom. The lowest BCUT2D eigenvalue weighted by Crippen LogP contribution is -1.91. The summed E-state index contributed by atoms with van der Waals surface area (Å²) in [5.74, 6) is 6.61. The highest BCUT2D eigenvalue weighted by atomic mass is 35.5. The molecule has 0 radical (unpaired) electrons. The van der Waals surface area contributed by atoms with Gasteiger partial charge in [-0.2, -0.15) is 0 Å². The SMILES string of the molecule is COCC#Cc1ccc2nc(Nc3c[nH]c4ccc(Cl)nc34)[nH]c2c1. The number of halogens is 1. The maximum Gasteiger partial charge on any atom is 0.205 e. The monoisotopic (exact) mass is 351 g/mol. The van der Waals surface area contributed by atoms with Gasteiger partial charge in [-0.1, -0.05) is 23.4 Å². The largest absolute Gasteiger partial charge is 0.372 e.